The van der Waals surface area contributed by atoms with Crippen molar-refractivity contribution >= 4 is 22.1 Å². The fraction of sp³-hybridized carbons (Fsp3) is 0. The van der Waals surface area contributed by atoms with Crippen LogP contribution in [0.2, 0.25) is 0 Å². The van der Waals surface area contributed by atoms with Crippen LogP contribution in [0.25, 0.3) is 33.6 Å². The smallest absolute Gasteiger partial charge is 0.181 e. The molecule has 0 radical (unpaired) electrons. The number of fused-ring (bicyclic) bond motifs is 3. The molecule has 4 rings (SSSR count). The Kier molecular flexibility index (Phi) is 1.47. The van der Waals surface area contributed by atoms with E-state index in [1.54, 1.807) is 12.5 Å². The number of aromatic nitrogens is 5. The van der Waals surface area contributed by atoms with E-state index in [4.69, 9.17) is 4.42 Å². The number of aromatic amines is 2. The summed E-state index contributed by atoms with van der Waals surface area (Å²) in [6.45, 7) is 0. The molecule has 0 unspecified atom stereocenters. The summed E-state index contributed by atoms with van der Waals surface area (Å²) in [5.74, 6) is 0.684. The zero-order chi connectivity index (χ0) is 11.2. The average molecular weight is 225 g/mol. The first-order valence-electron chi connectivity index (χ1n) is 5.12. The van der Waals surface area contributed by atoms with E-state index in [1.807, 2.05) is 12.3 Å². The predicted molar refractivity (Wildman–Crippen MR) is 61.2 cm³/mol. The third-order valence-electron chi connectivity index (χ3n) is 2.71. The van der Waals surface area contributed by atoms with Crippen LogP contribution in [-0.4, -0.2) is 24.9 Å². The molecule has 0 saturated heterocycles. The maximum Gasteiger partial charge on any atom is 0.181 e. The van der Waals surface area contributed by atoms with E-state index in [-0.39, 0.29) is 0 Å². The van der Waals surface area contributed by atoms with E-state index < -0.39 is 0 Å². The van der Waals surface area contributed by atoms with Crippen LogP contribution in [-0.2, 0) is 0 Å². The van der Waals surface area contributed by atoms with Crippen molar-refractivity contribution in [2.75, 3.05) is 0 Å². The van der Waals surface area contributed by atoms with Gasteiger partial charge < -0.3 is 14.4 Å². The molecule has 6 nitrogen and oxygen atoms in total. The SMILES string of the molecule is c1cc2c(ncc3[nH]c(-c4cocn4)nc32)[nH]1. The summed E-state index contributed by atoms with van der Waals surface area (Å²) < 4.78 is 4.94. The molecule has 0 atom stereocenters. The van der Waals surface area contributed by atoms with Gasteiger partial charge in [0.25, 0.3) is 0 Å². The molecule has 0 spiro atoms. The minimum Gasteiger partial charge on any atom is -0.451 e. The second-order valence-corrected chi connectivity index (χ2v) is 3.72. The van der Waals surface area contributed by atoms with Crippen molar-refractivity contribution in [3.63, 3.8) is 0 Å². The highest BCUT2D eigenvalue weighted by Crippen LogP contribution is 2.24. The van der Waals surface area contributed by atoms with Gasteiger partial charge in [0.05, 0.1) is 11.7 Å². The highest BCUT2D eigenvalue weighted by atomic mass is 16.3. The van der Waals surface area contributed by atoms with E-state index >= 15 is 0 Å². The van der Waals surface area contributed by atoms with Gasteiger partial charge in [0.15, 0.2) is 12.2 Å². The van der Waals surface area contributed by atoms with E-state index in [2.05, 4.69) is 24.9 Å². The molecule has 0 bridgehead atoms. The molecular weight excluding hydrogens is 218 g/mol. The molecule has 82 valence electrons. The Morgan fingerprint density at radius 1 is 1.24 bits per heavy atom. The minimum absolute atomic E-state index is 0.684. The van der Waals surface area contributed by atoms with Gasteiger partial charge >= 0.3 is 0 Å². The molecule has 4 aromatic heterocycles. The van der Waals surface area contributed by atoms with Crippen LogP contribution in [0.4, 0.5) is 0 Å². The van der Waals surface area contributed by atoms with Gasteiger partial charge in [-0.05, 0) is 6.07 Å². The predicted octanol–water partition coefficient (Wildman–Crippen LogP) is 2.09. The zero-order valence-electron chi connectivity index (χ0n) is 8.64. The number of nitrogens with zero attached hydrogens (tertiary/aromatic N) is 3. The van der Waals surface area contributed by atoms with Gasteiger partial charge in [-0.15, -0.1) is 0 Å². The quantitative estimate of drug-likeness (QED) is 0.519. The van der Waals surface area contributed by atoms with E-state index in [9.17, 15) is 0 Å². The molecule has 0 fully saturated rings. The van der Waals surface area contributed by atoms with Crippen LogP contribution in [0.15, 0.2) is 35.5 Å². The van der Waals surface area contributed by atoms with Crippen molar-refractivity contribution in [2.45, 2.75) is 0 Å². The number of nitrogens with one attached hydrogen (secondary N) is 2. The van der Waals surface area contributed by atoms with Crippen molar-refractivity contribution in [1.29, 1.82) is 0 Å². The summed E-state index contributed by atoms with van der Waals surface area (Å²) >= 11 is 0. The number of hydrogen-bond acceptors (Lipinski definition) is 4. The van der Waals surface area contributed by atoms with Crippen molar-refractivity contribution < 1.29 is 4.42 Å². The van der Waals surface area contributed by atoms with Gasteiger partial charge in [-0.1, -0.05) is 0 Å². The Morgan fingerprint density at radius 2 is 2.24 bits per heavy atom. The number of pyridine rings is 1. The molecule has 17 heavy (non-hydrogen) atoms. The molecule has 6 heteroatoms. The number of imidazole rings is 1. The minimum atomic E-state index is 0.684. The molecule has 0 amide bonds. The van der Waals surface area contributed by atoms with Gasteiger partial charge in [-0.3, -0.25) is 0 Å². The number of H-pyrrole nitrogens is 2. The summed E-state index contributed by atoms with van der Waals surface area (Å²) in [5.41, 5.74) is 3.28. The second kappa shape index (κ2) is 2.94. The Hall–Kier alpha value is -2.63. The van der Waals surface area contributed by atoms with Crippen LogP contribution < -0.4 is 0 Å². The van der Waals surface area contributed by atoms with Gasteiger partial charge in [-0.2, -0.15) is 0 Å². The molecule has 4 heterocycles. The van der Waals surface area contributed by atoms with Crippen molar-refractivity contribution in [1.82, 2.24) is 24.9 Å². The molecule has 2 N–H and O–H groups in total. The third-order valence-corrected chi connectivity index (χ3v) is 2.71. The monoisotopic (exact) mass is 225 g/mol. The summed E-state index contributed by atoms with van der Waals surface area (Å²) in [7, 11) is 0. The molecule has 4 aromatic rings. The van der Waals surface area contributed by atoms with Gasteiger partial charge in [0.2, 0.25) is 0 Å². The lowest BCUT2D eigenvalue weighted by molar-refractivity contribution is 0.558. The average Bonchev–Trinajstić information content (AvgIpc) is 3.08. The zero-order valence-corrected chi connectivity index (χ0v) is 8.64. The first-order chi connectivity index (χ1) is 8.42. The first kappa shape index (κ1) is 8.51. The fourth-order valence-electron chi connectivity index (χ4n) is 1.92. The first-order valence-corrected chi connectivity index (χ1v) is 5.12. The van der Waals surface area contributed by atoms with E-state index in [1.165, 1.54) is 6.39 Å². The highest BCUT2D eigenvalue weighted by Gasteiger charge is 2.10. The Bertz CT molecular complexity index is 796. The van der Waals surface area contributed by atoms with Crippen LogP contribution in [0, 0.1) is 0 Å². The largest absolute Gasteiger partial charge is 0.451 e. The third kappa shape index (κ3) is 1.12. The molecule has 0 saturated carbocycles. The van der Waals surface area contributed by atoms with Crippen LogP contribution >= 0.6 is 0 Å². The van der Waals surface area contributed by atoms with Crippen molar-refractivity contribution in [3.05, 3.63) is 31.1 Å². The standard InChI is InChI=1S/C11H7N5O/c1-2-12-10-6(1)9-7(3-13-10)15-11(16-9)8-4-17-5-14-8/h1-5H,(H,12,13)(H,15,16). The summed E-state index contributed by atoms with van der Waals surface area (Å²) in [4.78, 5) is 19.1. The molecule has 0 aliphatic heterocycles. The van der Waals surface area contributed by atoms with E-state index in [0.717, 1.165) is 22.1 Å². The number of oxazole rings is 1. The van der Waals surface area contributed by atoms with Gasteiger partial charge in [0.1, 0.15) is 23.1 Å². The summed E-state index contributed by atoms with van der Waals surface area (Å²) in [6, 6.07) is 1.96. The molecule has 0 aliphatic rings. The van der Waals surface area contributed by atoms with E-state index in [0.29, 0.717) is 11.5 Å². The maximum atomic E-state index is 4.94. The lowest BCUT2D eigenvalue weighted by atomic mass is 10.3. The Labute approximate surface area is 94.7 Å². The lowest BCUT2D eigenvalue weighted by Gasteiger charge is -1.88. The van der Waals surface area contributed by atoms with Crippen LogP contribution in [0.3, 0.4) is 0 Å². The number of rotatable bonds is 1. The topological polar surface area (TPSA) is 83.4 Å². The fourth-order valence-corrected chi connectivity index (χ4v) is 1.92. The van der Waals surface area contributed by atoms with Crippen LogP contribution in [0.5, 0.6) is 0 Å². The van der Waals surface area contributed by atoms with Crippen molar-refractivity contribution in [3.8, 4) is 11.5 Å². The number of hydrogen-bond donors (Lipinski definition) is 2. The van der Waals surface area contributed by atoms with Gasteiger partial charge in [0, 0.05) is 11.6 Å². The van der Waals surface area contributed by atoms with Crippen LogP contribution in [0.1, 0.15) is 0 Å². The summed E-state index contributed by atoms with van der Waals surface area (Å²) in [5, 5.41) is 0.994. The lowest BCUT2D eigenvalue weighted by Crippen LogP contribution is -1.77. The Morgan fingerprint density at radius 3 is 3.12 bits per heavy atom. The molecular formula is C11H7N5O. The normalized spacial score (nSPS) is 11.5. The maximum absolute atomic E-state index is 4.94. The Balaban J connectivity index is 2.09. The molecule has 0 aliphatic carbocycles. The second-order valence-electron chi connectivity index (χ2n) is 3.72. The van der Waals surface area contributed by atoms with Crippen molar-refractivity contribution in [2.24, 2.45) is 0 Å². The molecule has 0 aromatic carbocycles. The summed E-state index contributed by atoms with van der Waals surface area (Å²) in [6.07, 6.45) is 6.54. The highest BCUT2D eigenvalue weighted by molar-refractivity contribution is 6.01. The van der Waals surface area contributed by atoms with Gasteiger partial charge in [-0.25, -0.2) is 15.0 Å².